The van der Waals surface area contributed by atoms with Crippen LogP contribution in [0.5, 0.6) is 0 Å². The van der Waals surface area contributed by atoms with Gasteiger partial charge in [0.15, 0.2) is 5.96 Å². The van der Waals surface area contributed by atoms with E-state index in [2.05, 4.69) is 22.5 Å². The van der Waals surface area contributed by atoms with Crippen LogP contribution in [0.4, 0.5) is 0 Å². The minimum Gasteiger partial charge on any atom is -0.357 e. The van der Waals surface area contributed by atoms with Crippen LogP contribution in [0.3, 0.4) is 0 Å². The zero-order chi connectivity index (χ0) is 16.1. The predicted octanol–water partition coefficient (Wildman–Crippen LogP) is 2.89. The second-order valence-electron chi connectivity index (χ2n) is 7.56. The Hall–Kier alpha value is -0.530. The molecular weight excluding hydrogens is 415 g/mol. The number of likely N-dealkylation sites (tertiary alicyclic amines) is 1. The number of aliphatic imine (C=N–C) groups is 1. The molecule has 5 nitrogen and oxygen atoms in total. The molecule has 1 aliphatic heterocycles. The van der Waals surface area contributed by atoms with Gasteiger partial charge >= 0.3 is 0 Å². The SMILES string of the molecule is CCNC(=NCCC(=O)NC1CCCC1)N1CCC2(CCC2)C1.I. The van der Waals surface area contributed by atoms with Gasteiger partial charge in [-0.2, -0.15) is 0 Å². The first-order valence-electron chi connectivity index (χ1n) is 9.53. The molecular formula is C18H33IN4O. The van der Waals surface area contributed by atoms with E-state index in [9.17, 15) is 4.79 Å². The molecule has 0 unspecified atom stereocenters. The number of hydrogen-bond donors (Lipinski definition) is 2. The van der Waals surface area contributed by atoms with E-state index in [4.69, 9.17) is 4.99 Å². The number of halogens is 1. The van der Waals surface area contributed by atoms with E-state index in [0.29, 0.717) is 24.4 Å². The van der Waals surface area contributed by atoms with Crippen LogP contribution in [-0.2, 0) is 4.79 Å². The molecule has 0 bridgehead atoms. The molecule has 3 fully saturated rings. The molecule has 2 aliphatic carbocycles. The number of rotatable bonds is 5. The number of amides is 1. The summed E-state index contributed by atoms with van der Waals surface area (Å²) in [5, 5.41) is 6.54. The Kier molecular flexibility index (Phi) is 7.62. The van der Waals surface area contributed by atoms with Crippen molar-refractivity contribution in [1.82, 2.24) is 15.5 Å². The second kappa shape index (κ2) is 9.25. The molecule has 0 atom stereocenters. The van der Waals surface area contributed by atoms with E-state index in [1.807, 2.05) is 0 Å². The van der Waals surface area contributed by atoms with Crippen molar-refractivity contribution >= 4 is 35.8 Å². The third kappa shape index (κ3) is 4.99. The van der Waals surface area contributed by atoms with E-state index >= 15 is 0 Å². The molecule has 3 aliphatic rings. The van der Waals surface area contributed by atoms with Crippen molar-refractivity contribution in [3.8, 4) is 0 Å². The molecule has 0 aromatic heterocycles. The number of carbonyl (C=O) groups excluding carboxylic acids is 1. The summed E-state index contributed by atoms with van der Waals surface area (Å²) >= 11 is 0. The van der Waals surface area contributed by atoms with Crippen molar-refractivity contribution in [2.75, 3.05) is 26.2 Å². The number of carbonyl (C=O) groups is 1. The fourth-order valence-electron chi connectivity index (χ4n) is 4.26. The molecule has 6 heteroatoms. The molecule has 1 amide bonds. The van der Waals surface area contributed by atoms with Gasteiger partial charge in [-0.3, -0.25) is 9.79 Å². The van der Waals surface area contributed by atoms with Gasteiger partial charge < -0.3 is 15.5 Å². The van der Waals surface area contributed by atoms with Crippen molar-refractivity contribution in [3.63, 3.8) is 0 Å². The fraction of sp³-hybridized carbons (Fsp3) is 0.889. The first-order chi connectivity index (χ1) is 11.2. The summed E-state index contributed by atoms with van der Waals surface area (Å²) < 4.78 is 0. The highest BCUT2D eigenvalue weighted by atomic mass is 127. The van der Waals surface area contributed by atoms with Crippen molar-refractivity contribution in [2.24, 2.45) is 10.4 Å². The number of hydrogen-bond acceptors (Lipinski definition) is 2. The molecule has 138 valence electrons. The molecule has 0 aromatic rings. The lowest BCUT2D eigenvalue weighted by atomic mass is 9.68. The van der Waals surface area contributed by atoms with Crippen molar-refractivity contribution in [3.05, 3.63) is 0 Å². The van der Waals surface area contributed by atoms with Crippen LogP contribution in [0.2, 0.25) is 0 Å². The van der Waals surface area contributed by atoms with Crippen LogP contribution < -0.4 is 10.6 Å². The molecule has 1 heterocycles. The van der Waals surface area contributed by atoms with Gasteiger partial charge in [0.25, 0.3) is 0 Å². The maximum atomic E-state index is 12.0. The molecule has 0 aromatic carbocycles. The molecule has 24 heavy (non-hydrogen) atoms. The molecule has 2 N–H and O–H groups in total. The van der Waals surface area contributed by atoms with Crippen LogP contribution in [0, 0.1) is 5.41 Å². The van der Waals surface area contributed by atoms with Crippen LogP contribution in [0.15, 0.2) is 4.99 Å². The molecule has 0 radical (unpaired) electrons. The van der Waals surface area contributed by atoms with Gasteiger partial charge in [0.2, 0.25) is 5.91 Å². The van der Waals surface area contributed by atoms with E-state index in [1.165, 1.54) is 38.5 Å². The summed E-state index contributed by atoms with van der Waals surface area (Å²) in [6, 6.07) is 0.414. The number of guanidine groups is 1. The van der Waals surface area contributed by atoms with Crippen LogP contribution in [0.25, 0.3) is 0 Å². The maximum absolute atomic E-state index is 12.0. The summed E-state index contributed by atoms with van der Waals surface area (Å²) in [5.74, 6) is 1.17. The number of nitrogens with zero attached hydrogens (tertiary/aromatic N) is 2. The Morgan fingerprint density at radius 2 is 1.96 bits per heavy atom. The fourth-order valence-corrected chi connectivity index (χ4v) is 4.26. The lowest BCUT2D eigenvalue weighted by Crippen LogP contribution is -2.42. The van der Waals surface area contributed by atoms with Gasteiger partial charge in [0.05, 0.1) is 6.54 Å². The van der Waals surface area contributed by atoms with Crippen molar-refractivity contribution in [2.45, 2.75) is 70.8 Å². The normalized spacial score (nSPS) is 23.0. The highest BCUT2D eigenvalue weighted by Crippen LogP contribution is 2.47. The van der Waals surface area contributed by atoms with Gasteiger partial charge in [0, 0.05) is 32.1 Å². The molecule has 1 spiro atoms. The Balaban J connectivity index is 0.00000208. The van der Waals surface area contributed by atoms with E-state index < -0.39 is 0 Å². The van der Waals surface area contributed by atoms with Crippen LogP contribution in [0.1, 0.15) is 64.7 Å². The summed E-state index contributed by atoms with van der Waals surface area (Å²) in [7, 11) is 0. The average molecular weight is 448 g/mol. The van der Waals surface area contributed by atoms with Gasteiger partial charge in [0.1, 0.15) is 0 Å². The summed E-state index contributed by atoms with van der Waals surface area (Å²) in [6.07, 6.45) is 10.8. The van der Waals surface area contributed by atoms with Crippen molar-refractivity contribution < 1.29 is 4.79 Å². The zero-order valence-electron chi connectivity index (χ0n) is 15.0. The minimum atomic E-state index is 0. The first kappa shape index (κ1) is 19.8. The smallest absolute Gasteiger partial charge is 0.222 e. The summed E-state index contributed by atoms with van der Waals surface area (Å²) in [6.45, 7) is 5.84. The highest BCUT2D eigenvalue weighted by Gasteiger charge is 2.43. The topological polar surface area (TPSA) is 56.7 Å². The van der Waals surface area contributed by atoms with Gasteiger partial charge in [-0.1, -0.05) is 19.3 Å². The Labute approximate surface area is 163 Å². The van der Waals surface area contributed by atoms with E-state index in [-0.39, 0.29) is 29.9 Å². The second-order valence-corrected chi connectivity index (χ2v) is 7.56. The lowest BCUT2D eigenvalue weighted by molar-refractivity contribution is -0.121. The Morgan fingerprint density at radius 1 is 1.21 bits per heavy atom. The third-order valence-electron chi connectivity index (χ3n) is 5.81. The zero-order valence-corrected chi connectivity index (χ0v) is 17.3. The number of nitrogens with one attached hydrogen (secondary N) is 2. The van der Waals surface area contributed by atoms with E-state index in [1.54, 1.807) is 0 Å². The Morgan fingerprint density at radius 3 is 2.54 bits per heavy atom. The Bertz CT molecular complexity index is 444. The van der Waals surface area contributed by atoms with Crippen LogP contribution in [-0.4, -0.2) is 49.0 Å². The maximum Gasteiger partial charge on any atom is 0.222 e. The van der Waals surface area contributed by atoms with Crippen LogP contribution >= 0.6 is 24.0 Å². The monoisotopic (exact) mass is 448 g/mol. The molecule has 2 saturated carbocycles. The highest BCUT2D eigenvalue weighted by molar-refractivity contribution is 14.0. The summed E-state index contributed by atoms with van der Waals surface area (Å²) in [5.41, 5.74) is 0.579. The standard InChI is InChI=1S/C18H32N4O.HI/c1-2-19-17(22-13-11-18(14-22)9-5-10-18)20-12-8-16(23)21-15-6-3-4-7-15;/h15H,2-14H2,1H3,(H,19,20)(H,21,23);1H. The largest absolute Gasteiger partial charge is 0.357 e. The molecule has 3 rings (SSSR count). The first-order valence-corrected chi connectivity index (χ1v) is 9.53. The van der Waals surface area contributed by atoms with Gasteiger partial charge in [-0.15, -0.1) is 24.0 Å². The lowest BCUT2D eigenvalue weighted by Gasteiger charge is -2.38. The van der Waals surface area contributed by atoms with Gasteiger partial charge in [-0.05, 0) is 44.4 Å². The predicted molar refractivity (Wildman–Crippen MR) is 109 cm³/mol. The minimum absolute atomic E-state index is 0. The van der Waals surface area contributed by atoms with Crippen molar-refractivity contribution in [1.29, 1.82) is 0 Å². The quantitative estimate of drug-likeness (QED) is 0.387. The average Bonchev–Trinajstić information content (AvgIpc) is 3.15. The van der Waals surface area contributed by atoms with E-state index in [0.717, 1.165) is 38.4 Å². The third-order valence-corrected chi connectivity index (χ3v) is 5.81. The molecule has 1 saturated heterocycles. The summed E-state index contributed by atoms with van der Waals surface area (Å²) in [4.78, 5) is 19.1. The van der Waals surface area contributed by atoms with Gasteiger partial charge in [-0.25, -0.2) is 0 Å².